The molecule has 0 bridgehead atoms. The highest BCUT2D eigenvalue weighted by Crippen LogP contribution is 2.39. The number of hydrogen-bond donors (Lipinski definition) is 2. The molecule has 2 amide bonds. The van der Waals surface area contributed by atoms with Crippen LogP contribution in [0.2, 0.25) is 0 Å². The fourth-order valence-corrected chi connectivity index (χ4v) is 5.56. The third-order valence-electron chi connectivity index (χ3n) is 6.29. The first kappa shape index (κ1) is 22.8. The first-order chi connectivity index (χ1) is 15.2. The number of nitrogens with two attached hydrogens (primary N) is 1. The molecule has 1 aromatic heterocycles. The number of carbonyl (C=O) groups is 2. The number of rotatable bonds is 5. The Morgan fingerprint density at radius 1 is 1.25 bits per heavy atom. The van der Waals surface area contributed by atoms with Gasteiger partial charge in [0, 0.05) is 19.2 Å². The molecule has 4 rings (SSSR count). The highest BCUT2D eigenvalue weighted by molar-refractivity contribution is 7.22. The van der Waals surface area contributed by atoms with Crippen molar-refractivity contribution in [2.45, 2.75) is 57.3 Å². The van der Waals surface area contributed by atoms with Crippen molar-refractivity contribution in [3.8, 4) is 5.75 Å². The van der Waals surface area contributed by atoms with Gasteiger partial charge in [0.1, 0.15) is 11.8 Å². The summed E-state index contributed by atoms with van der Waals surface area (Å²) in [6.45, 7) is 0.785. The second-order valence-electron chi connectivity index (χ2n) is 8.39. The van der Waals surface area contributed by atoms with Gasteiger partial charge in [-0.3, -0.25) is 9.59 Å². The lowest BCUT2D eigenvalue weighted by atomic mass is 9.73. The second kappa shape index (κ2) is 8.86. The molecule has 11 heteroatoms. The molecule has 0 radical (unpaired) electrons. The highest BCUT2D eigenvalue weighted by atomic mass is 32.1. The molecule has 1 aliphatic carbocycles. The van der Waals surface area contributed by atoms with E-state index >= 15 is 0 Å². The molecule has 2 aromatic rings. The third kappa shape index (κ3) is 4.68. The number of ether oxygens (including phenoxy) is 1. The molecule has 2 fully saturated rings. The Kier molecular flexibility index (Phi) is 6.30. The van der Waals surface area contributed by atoms with Gasteiger partial charge in [0.25, 0.3) is 0 Å². The number of halogens is 3. The molecule has 1 unspecified atom stereocenters. The maximum absolute atomic E-state index is 13.4. The van der Waals surface area contributed by atoms with Crippen LogP contribution in [-0.2, 0) is 9.59 Å². The normalized spacial score (nSPS) is 21.0. The fourth-order valence-electron chi connectivity index (χ4n) is 4.67. The van der Waals surface area contributed by atoms with E-state index < -0.39 is 17.8 Å². The number of benzene rings is 1. The number of fused-ring (bicyclic) bond motifs is 1. The van der Waals surface area contributed by atoms with Crippen LogP contribution in [0.1, 0.15) is 44.9 Å². The number of nitrogens with zero attached hydrogens (tertiary/aromatic N) is 2. The average molecular weight is 471 g/mol. The van der Waals surface area contributed by atoms with E-state index in [0.717, 1.165) is 49.9 Å². The molecule has 32 heavy (non-hydrogen) atoms. The first-order valence-corrected chi connectivity index (χ1v) is 11.5. The van der Waals surface area contributed by atoms with E-state index in [0.29, 0.717) is 23.2 Å². The minimum atomic E-state index is -4.78. The van der Waals surface area contributed by atoms with Crippen LogP contribution in [0.3, 0.4) is 0 Å². The van der Waals surface area contributed by atoms with Crippen LogP contribution >= 0.6 is 11.3 Å². The van der Waals surface area contributed by atoms with Gasteiger partial charge in [-0.1, -0.05) is 30.6 Å². The number of anilines is 1. The van der Waals surface area contributed by atoms with Crippen LogP contribution in [-0.4, -0.2) is 47.2 Å². The molecule has 2 heterocycles. The summed E-state index contributed by atoms with van der Waals surface area (Å²) in [5, 5.41) is 3.00. The zero-order valence-electron chi connectivity index (χ0n) is 17.4. The van der Waals surface area contributed by atoms with Crippen LogP contribution < -0.4 is 15.8 Å². The Hall–Kier alpha value is -2.40. The van der Waals surface area contributed by atoms with E-state index in [2.05, 4.69) is 15.0 Å². The summed E-state index contributed by atoms with van der Waals surface area (Å²) in [5.74, 6) is -0.737. The Bertz CT molecular complexity index is 1000. The topological polar surface area (TPSA) is 97.6 Å². The molecule has 2 aliphatic rings. The SMILES string of the molecule is NCC1(C(=O)N2CCCC2C(=O)Nc2nc3ccc(OC(F)(F)F)cc3s2)CCCCC1. The minimum absolute atomic E-state index is 0.0457. The van der Waals surface area contributed by atoms with Crippen molar-refractivity contribution in [2.75, 3.05) is 18.4 Å². The second-order valence-corrected chi connectivity index (χ2v) is 9.42. The number of alkyl halides is 3. The first-order valence-electron chi connectivity index (χ1n) is 10.7. The summed E-state index contributed by atoms with van der Waals surface area (Å²) in [6, 6.07) is 3.20. The van der Waals surface area contributed by atoms with Gasteiger partial charge in [-0.05, 0) is 37.8 Å². The van der Waals surface area contributed by atoms with Crippen LogP contribution in [0.4, 0.5) is 18.3 Å². The van der Waals surface area contributed by atoms with Crippen molar-refractivity contribution in [3.05, 3.63) is 18.2 Å². The Morgan fingerprint density at radius 2 is 2.00 bits per heavy atom. The lowest BCUT2D eigenvalue weighted by molar-refractivity contribution is -0.274. The Balaban J connectivity index is 1.48. The van der Waals surface area contributed by atoms with Gasteiger partial charge in [-0.25, -0.2) is 4.98 Å². The van der Waals surface area contributed by atoms with E-state index in [1.807, 2.05) is 0 Å². The summed E-state index contributed by atoms with van der Waals surface area (Å²) in [7, 11) is 0. The summed E-state index contributed by atoms with van der Waals surface area (Å²) < 4.78 is 41.7. The number of carbonyl (C=O) groups excluding carboxylic acids is 2. The Labute approximate surface area is 187 Å². The number of amides is 2. The highest BCUT2D eigenvalue weighted by Gasteiger charge is 2.45. The van der Waals surface area contributed by atoms with Gasteiger partial charge in [-0.2, -0.15) is 0 Å². The van der Waals surface area contributed by atoms with Gasteiger partial charge in [0.2, 0.25) is 11.8 Å². The van der Waals surface area contributed by atoms with E-state index in [4.69, 9.17) is 5.73 Å². The molecule has 1 atom stereocenters. The van der Waals surface area contributed by atoms with E-state index in [-0.39, 0.29) is 29.2 Å². The maximum atomic E-state index is 13.4. The lowest BCUT2D eigenvalue weighted by Gasteiger charge is -2.39. The molecule has 1 aliphatic heterocycles. The zero-order chi connectivity index (χ0) is 22.9. The summed E-state index contributed by atoms with van der Waals surface area (Å²) in [6.07, 6.45) is 0.980. The number of likely N-dealkylation sites (tertiary alicyclic amines) is 1. The van der Waals surface area contributed by atoms with Crippen molar-refractivity contribution < 1.29 is 27.5 Å². The monoisotopic (exact) mass is 470 g/mol. The van der Waals surface area contributed by atoms with Crippen molar-refractivity contribution in [1.82, 2.24) is 9.88 Å². The van der Waals surface area contributed by atoms with Gasteiger partial charge >= 0.3 is 6.36 Å². The summed E-state index contributed by atoms with van der Waals surface area (Å²) in [4.78, 5) is 32.3. The zero-order valence-corrected chi connectivity index (χ0v) is 18.2. The lowest BCUT2D eigenvalue weighted by Crippen LogP contribution is -2.53. The van der Waals surface area contributed by atoms with Crippen LogP contribution in [0.5, 0.6) is 5.75 Å². The molecule has 0 spiro atoms. The molecule has 1 saturated carbocycles. The van der Waals surface area contributed by atoms with Crippen molar-refractivity contribution in [3.63, 3.8) is 0 Å². The average Bonchev–Trinajstić information content (AvgIpc) is 3.39. The van der Waals surface area contributed by atoms with E-state index in [1.165, 1.54) is 18.2 Å². The van der Waals surface area contributed by atoms with Crippen LogP contribution in [0, 0.1) is 5.41 Å². The predicted octanol–water partition coefficient (Wildman–Crippen LogP) is 4.03. The smallest absolute Gasteiger partial charge is 0.406 e. The summed E-state index contributed by atoms with van der Waals surface area (Å²) in [5.41, 5.74) is 5.86. The molecule has 3 N–H and O–H groups in total. The molecule has 1 aromatic carbocycles. The fraction of sp³-hybridized carbons (Fsp3) is 0.571. The minimum Gasteiger partial charge on any atom is -0.406 e. The van der Waals surface area contributed by atoms with Crippen LogP contribution in [0.25, 0.3) is 10.2 Å². The molecule has 1 saturated heterocycles. The molecular weight excluding hydrogens is 445 g/mol. The number of nitrogens with one attached hydrogen (secondary N) is 1. The van der Waals surface area contributed by atoms with Gasteiger partial charge < -0.3 is 20.7 Å². The van der Waals surface area contributed by atoms with Crippen LogP contribution in [0.15, 0.2) is 18.2 Å². The largest absolute Gasteiger partial charge is 0.573 e. The number of thiazole rings is 1. The number of aromatic nitrogens is 1. The summed E-state index contributed by atoms with van der Waals surface area (Å²) >= 11 is 1.05. The molecular formula is C21H25F3N4O3S. The Morgan fingerprint density at radius 3 is 2.69 bits per heavy atom. The standard InChI is InChI=1S/C21H25F3N4O3S/c22-21(23,24)31-13-6-7-14-16(11-13)32-19(26-14)27-17(29)15-5-4-10-28(15)18(30)20(12-25)8-2-1-3-9-20/h6-7,11,15H,1-5,8-10,12,25H2,(H,26,27,29). The van der Waals surface area contributed by atoms with Crippen molar-refractivity contribution >= 4 is 38.5 Å². The quantitative estimate of drug-likeness (QED) is 0.688. The maximum Gasteiger partial charge on any atom is 0.573 e. The predicted molar refractivity (Wildman–Crippen MR) is 114 cm³/mol. The van der Waals surface area contributed by atoms with E-state index in [1.54, 1.807) is 4.90 Å². The van der Waals surface area contributed by atoms with Gasteiger partial charge in [0.05, 0.1) is 15.6 Å². The van der Waals surface area contributed by atoms with E-state index in [9.17, 15) is 22.8 Å². The third-order valence-corrected chi connectivity index (χ3v) is 7.23. The van der Waals surface area contributed by atoms with Gasteiger partial charge in [0.15, 0.2) is 5.13 Å². The molecule has 7 nitrogen and oxygen atoms in total. The van der Waals surface area contributed by atoms with Crippen molar-refractivity contribution in [2.24, 2.45) is 11.1 Å². The number of hydrogen-bond acceptors (Lipinski definition) is 6. The van der Waals surface area contributed by atoms with Gasteiger partial charge in [-0.15, -0.1) is 13.2 Å². The van der Waals surface area contributed by atoms with Crippen molar-refractivity contribution in [1.29, 1.82) is 0 Å². The molecule has 174 valence electrons.